The minimum absolute atomic E-state index is 0.0692. The van der Waals surface area contributed by atoms with Crippen LogP contribution in [0.1, 0.15) is 17.5 Å². The first-order valence-corrected chi connectivity index (χ1v) is 4.50. The van der Waals surface area contributed by atoms with Crippen LogP contribution < -0.4 is 5.73 Å². The van der Waals surface area contributed by atoms with Crippen LogP contribution in [-0.4, -0.2) is 11.1 Å². The fourth-order valence-electron chi connectivity index (χ4n) is 1.13. The van der Waals surface area contributed by atoms with Gasteiger partial charge in [0.1, 0.15) is 5.82 Å². The topological polar surface area (TPSA) is 63.3 Å². The molecule has 1 aromatic carbocycles. The van der Waals surface area contributed by atoms with Gasteiger partial charge >= 0.3 is 5.97 Å². The Morgan fingerprint density at radius 3 is 2.80 bits per heavy atom. The van der Waals surface area contributed by atoms with Gasteiger partial charge in [-0.25, -0.2) is 4.39 Å². The van der Waals surface area contributed by atoms with E-state index >= 15 is 0 Å². The quantitative estimate of drug-likeness (QED) is 0.794. The molecule has 0 spiro atoms. The molecule has 0 aliphatic rings. The Bertz CT molecular complexity index is 388. The zero-order valence-electron chi connectivity index (χ0n) is 8.11. The van der Waals surface area contributed by atoms with Gasteiger partial charge in [0.2, 0.25) is 0 Å². The Hall–Kier alpha value is -1.68. The summed E-state index contributed by atoms with van der Waals surface area (Å²) in [5.74, 6) is -1.28. The van der Waals surface area contributed by atoms with E-state index in [-0.39, 0.29) is 18.8 Å². The summed E-state index contributed by atoms with van der Waals surface area (Å²) >= 11 is 0. The van der Waals surface area contributed by atoms with Crippen molar-refractivity contribution in [1.82, 2.24) is 0 Å². The van der Waals surface area contributed by atoms with Crippen LogP contribution in [0.5, 0.6) is 0 Å². The molecule has 3 nitrogen and oxygen atoms in total. The van der Waals surface area contributed by atoms with E-state index in [2.05, 4.69) is 0 Å². The molecule has 0 aliphatic heterocycles. The van der Waals surface area contributed by atoms with E-state index in [0.717, 1.165) is 0 Å². The van der Waals surface area contributed by atoms with Crippen LogP contribution in [-0.2, 0) is 11.3 Å². The minimum atomic E-state index is -0.912. The van der Waals surface area contributed by atoms with E-state index in [1.165, 1.54) is 12.1 Å². The highest BCUT2D eigenvalue weighted by molar-refractivity contribution is 5.70. The highest BCUT2D eigenvalue weighted by Gasteiger charge is 1.99. The monoisotopic (exact) mass is 209 g/mol. The van der Waals surface area contributed by atoms with Crippen molar-refractivity contribution < 1.29 is 14.3 Å². The van der Waals surface area contributed by atoms with Crippen molar-refractivity contribution in [3.63, 3.8) is 0 Å². The van der Waals surface area contributed by atoms with E-state index in [9.17, 15) is 9.18 Å². The van der Waals surface area contributed by atoms with Crippen LogP contribution >= 0.6 is 0 Å². The zero-order chi connectivity index (χ0) is 11.3. The average molecular weight is 209 g/mol. The standard InChI is InChI=1S/C11H12FNO2/c12-10-6-8(2-1-3-11(14)15)4-5-9(10)7-13/h1-2,4-6H,3,7,13H2,(H,14,15). The lowest BCUT2D eigenvalue weighted by atomic mass is 10.1. The number of benzene rings is 1. The number of hydrogen-bond acceptors (Lipinski definition) is 2. The van der Waals surface area contributed by atoms with E-state index in [1.54, 1.807) is 18.2 Å². The van der Waals surface area contributed by atoms with E-state index in [1.807, 2.05) is 0 Å². The molecule has 0 fully saturated rings. The SMILES string of the molecule is NCc1ccc(C=CCC(=O)O)cc1F. The second-order valence-electron chi connectivity index (χ2n) is 3.06. The van der Waals surface area contributed by atoms with Gasteiger partial charge in [0.15, 0.2) is 0 Å². The molecule has 1 aromatic rings. The van der Waals surface area contributed by atoms with Gasteiger partial charge in [0, 0.05) is 12.1 Å². The number of nitrogens with two attached hydrogens (primary N) is 1. The van der Waals surface area contributed by atoms with Gasteiger partial charge in [-0.15, -0.1) is 0 Å². The summed E-state index contributed by atoms with van der Waals surface area (Å²) in [7, 11) is 0. The first-order valence-electron chi connectivity index (χ1n) is 4.50. The Labute approximate surface area is 87.0 Å². The highest BCUT2D eigenvalue weighted by Crippen LogP contribution is 2.11. The number of carboxylic acids is 1. The maximum Gasteiger partial charge on any atom is 0.307 e. The number of hydrogen-bond donors (Lipinski definition) is 2. The molecule has 3 N–H and O–H groups in total. The molecule has 4 heteroatoms. The molecule has 0 saturated carbocycles. The van der Waals surface area contributed by atoms with Crippen LogP contribution in [0.2, 0.25) is 0 Å². The fourth-order valence-corrected chi connectivity index (χ4v) is 1.13. The Balaban J connectivity index is 2.75. The van der Waals surface area contributed by atoms with Gasteiger partial charge in [-0.3, -0.25) is 4.79 Å². The number of carbonyl (C=O) groups is 1. The second-order valence-corrected chi connectivity index (χ2v) is 3.06. The minimum Gasteiger partial charge on any atom is -0.481 e. The molecule has 0 amide bonds. The number of carboxylic acid groups (broad SMARTS) is 1. The molecular formula is C11H12FNO2. The van der Waals surface area contributed by atoms with Crippen LogP contribution in [0, 0.1) is 5.82 Å². The molecule has 0 radical (unpaired) electrons. The average Bonchev–Trinajstić information content (AvgIpc) is 2.17. The first kappa shape index (κ1) is 11.4. The summed E-state index contributed by atoms with van der Waals surface area (Å²) in [6.45, 7) is 0.158. The zero-order valence-corrected chi connectivity index (χ0v) is 8.11. The van der Waals surface area contributed by atoms with Crippen LogP contribution in [0.25, 0.3) is 6.08 Å². The molecule has 0 heterocycles. The van der Waals surface area contributed by atoms with Gasteiger partial charge in [-0.2, -0.15) is 0 Å². The summed E-state index contributed by atoms with van der Waals surface area (Å²) < 4.78 is 13.2. The highest BCUT2D eigenvalue weighted by atomic mass is 19.1. The molecule has 0 unspecified atom stereocenters. The van der Waals surface area contributed by atoms with Gasteiger partial charge < -0.3 is 10.8 Å². The third-order valence-electron chi connectivity index (χ3n) is 1.90. The summed E-state index contributed by atoms with van der Waals surface area (Å²) in [4.78, 5) is 10.2. The summed E-state index contributed by atoms with van der Waals surface area (Å²) in [6.07, 6.45) is 2.97. The molecule has 0 atom stereocenters. The van der Waals surface area contributed by atoms with Crippen molar-refractivity contribution in [3.05, 3.63) is 41.2 Å². The molecule has 0 aliphatic carbocycles. The predicted octanol–water partition coefficient (Wildman–Crippen LogP) is 1.77. The number of halogens is 1. The number of aliphatic carboxylic acids is 1. The predicted molar refractivity (Wildman–Crippen MR) is 55.6 cm³/mol. The molecular weight excluding hydrogens is 197 g/mol. The van der Waals surface area contributed by atoms with E-state index in [0.29, 0.717) is 11.1 Å². The van der Waals surface area contributed by atoms with Crippen LogP contribution in [0.15, 0.2) is 24.3 Å². The van der Waals surface area contributed by atoms with Crippen molar-refractivity contribution in [2.45, 2.75) is 13.0 Å². The lowest BCUT2D eigenvalue weighted by Crippen LogP contribution is -1.99. The van der Waals surface area contributed by atoms with Crippen molar-refractivity contribution in [1.29, 1.82) is 0 Å². The Morgan fingerprint density at radius 1 is 1.53 bits per heavy atom. The molecule has 1 rings (SSSR count). The van der Waals surface area contributed by atoms with E-state index in [4.69, 9.17) is 10.8 Å². The van der Waals surface area contributed by atoms with Crippen molar-refractivity contribution in [3.8, 4) is 0 Å². The van der Waals surface area contributed by atoms with Crippen molar-refractivity contribution in [2.75, 3.05) is 0 Å². The van der Waals surface area contributed by atoms with Crippen LogP contribution in [0.4, 0.5) is 4.39 Å². The fraction of sp³-hybridized carbons (Fsp3) is 0.182. The largest absolute Gasteiger partial charge is 0.481 e. The molecule has 0 aromatic heterocycles. The van der Waals surface area contributed by atoms with Gasteiger partial charge in [-0.1, -0.05) is 24.3 Å². The third kappa shape index (κ3) is 3.52. The van der Waals surface area contributed by atoms with Crippen LogP contribution in [0.3, 0.4) is 0 Å². The van der Waals surface area contributed by atoms with Crippen molar-refractivity contribution >= 4 is 12.0 Å². The maximum atomic E-state index is 13.2. The lowest BCUT2D eigenvalue weighted by molar-refractivity contribution is -0.135. The molecule has 0 saturated heterocycles. The van der Waals surface area contributed by atoms with E-state index < -0.39 is 5.97 Å². The van der Waals surface area contributed by atoms with Gasteiger partial charge in [0.05, 0.1) is 6.42 Å². The third-order valence-corrected chi connectivity index (χ3v) is 1.90. The summed E-state index contributed by atoms with van der Waals surface area (Å²) in [6, 6.07) is 4.62. The summed E-state index contributed by atoms with van der Waals surface area (Å²) in [5, 5.41) is 8.39. The Morgan fingerprint density at radius 2 is 2.27 bits per heavy atom. The van der Waals surface area contributed by atoms with Gasteiger partial charge in [0.25, 0.3) is 0 Å². The first-order chi connectivity index (χ1) is 7.13. The second kappa shape index (κ2) is 5.26. The normalized spacial score (nSPS) is 10.8. The Kier molecular flexibility index (Phi) is 4.00. The summed E-state index contributed by atoms with van der Waals surface area (Å²) in [5.41, 5.74) is 6.38. The molecule has 0 bridgehead atoms. The lowest BCUT2D eigenvalue weighted by Gasteiger charge is -2.00. The maximum absolute atomic E-state index is 13.2. The van der Waals surface area contributed by atoms with Crippen molar-refractivity contribution in [2.24, 2.45) is 5.73 Å². The number of rotatable bonds is 4. The smallest absolute Gasteiger partial charge is 0.307 e. The molecule has 80 valence electrons. The van der Waals surface area contributed by atoms with Gasteiger partial charge in [-0.05, 0) is 11.6 Å². The molecule has 15 heavy (non-hydrogen) atoms.